The molecule has 7 rings (SSSR count). The Balaban J connectivity index is 1.07. The summed E-state index contributed by atoms with van der Waals surface area (Å²) in [6, 6.07) is 12.0. The minimum atomic E-state index is -1.86. The molecule has 0 radical (unpaired) electrons. The first-order chi connectivity index (χ1) is 37.6. The van der Waals surface area contributed by atoms with E-state index in [-0.39, 0.29) is 38.3 Å². The number of hydrogen-bond acceptors (Lipinski definition) is 19. The predicted octanol–water partition coefficient (Wildman–Crippen LogP) is 4.81. The van der Waals surface area contributed by atoms with E-state index < -0.39 is 126 Å². The third-order valence-corrected chi connectivity index (χ3v) is 17.3. The van der Waals surface area contributed by atoms with Crippen LogP contribution >= 0.6 is 0 Å². The lowest BCUT2D eigenvalue weighted by Gasteiger charge is -2.49. The largest absolute Gasteiger partial charge is 0.459 e. The molecule has 0 saturated carbocycles. The van der Waals surface area contributed by atoms with Gasteiger partial charge in [0, 0.05) is 62.8 Å². The van der Waals surface area contributed by atoms with Gasteiger partial charge in [0.1, 0.15) is 41.9 Å². The van der Waals surface area contributed by atoms with Gasteiger partial charge in [0.25, 0.3) is 0 Å². The van der Waals surface area contributed by atoms with E-state index >= 15 is 4.39 Å². The molecule has 444 valence electrons. The fraction of sp³-hybridized carbons (Fsp3) is 0.707. The van der Waals surface area contributed by atoms with Crippen LogP contribution in [0.15, 0.2) is 48.7 Å². The molecule has 5 heterocycles. The Hall–Kier alpha value is -4.74. The van der Waals surface area contributed by atoms with Crippen LogP contribution in [0.5, 0.6) is 0 Å². The molecule has 80 heavy (non-hydrogen) atoms. The van der Waals surface area contributed by atoms with Crippen molar-refractivity contribution in [2.45, 2.75) is 204 Å². The molecule has 4 aliphatic rings. The number of benzene rings is 2. The zero-order chi connectivity index (χ0) is 58.8. The Morgan fingerprint density at radius 2 is 1.64 bits per heavy atom. The summed E-state index contributed by atoms with van der Waals surface area (Å²) in [6.07, 6.45) is -8.61. The highest BCUT2D eigenvalue weighted by atomic mass is 19.1. The Labute approximate surface area is 469 Å². The third-order valence-electron chi connectivity index (χ3n) is 17.3. The van der Waals surface area contributed by atoms with Gasteiger partial charge in [0.15, 0.2) is 12.6 Å². The second-order valence-corrected chi connectivity index (χ2v) is 23.8. The van der Waals surface area contributed by atoms with Crippen molar-refractivity contribution in [3.63, 3.8) is 0 Å². The molecule has 1 amide bonds. The average molecular weight is 1120 g/mol. The van der Waals surface area contributed by atoms with Crippen LogP contribution in [0.4, 0.5) is 14.9 Å². The molecule has 4 aliphatic heterocycles. The lowest BCUT2D eigenvalue weighted by molar-refractivity contribution is -0.318. The maximum atomic E-state index is 15.4. The number of carbonyl (C=O) groups excluding carboxylic acids is 2. The van der Waals surface area contributed by atoms with Gasteiger partial charge in [-0.3, -0.25) is 9.69 Å². The molecule has 22 heteroatoms. The van der Waals surface area contributed by atoms with E-state index in [1.165, 1.54) is 25.0 Å². The smallest absolute Gasteiger partial charge is 0.414 e. The zero-order valence-electron chi connectivity index (χ0n) is 48.6. The number of ether oxygens (including phenoxy) is 7. The normalized spacial score (nSPS) is 38.1. The van der Waals surface area contributed by atoms with Gasteiger partial charge in [0.2, 0.25) is 0 Å². The van der Waals surface area contributed by atoms with Gasteiger partial charge in [-0.25, -0.2) is 13.9 Å². The highest BCUT2D eigenvalue weighted by molar-refractivity contribution is 5.90. The first-order valence-electron chi connectivity index (χ1n) is 28.0. The minimum Gasteiger partial charge on any atom is -0.459 e. The number of esters is 1. The second kappa shape index (κ2) is 25.8. The van der Waals surface area contributed by atoms with E-state index in [0.29, 0.717) is 54.0 Å². The first-order valence-corrected chi connectivity index (χ1v) is 28.0. The van der Waals surface area contributed by atoms with Crippen LogP contribution in [0, 0.1) is 34.9 Å². The van der Waals surface area contributed by atoms with Crippen LogP contribution in [0.2, 0.25) is 0 Å². The molecule has 0 spiro atoms. The van der Waals surface area contributed by atoms with Gasteiger partial charge in [-0.2, -0.15) is 5.26 Å². The number of cyclic esters (lactones) is 2. The van der Waals surface area contributed by atoms with Gasteiger partial charge in [-0.15, -0.1) is 5.10 Å². The number of amides is 1. The van der Waals surface area contributed by atoms with E-state index in [0.717, 1.165) is 0 Å². The van der Waals surface area contributed by atoms with Crippen molar-refractivity contribution in [1.29, 1.82) is 5.26 Å². The Kier molecular flexibility index (Phi) is 20.3. The monoisotopic (exact) mass is 1120 g/mol. The molecule has 3 aromatic rings. The number of nitrogens with zero attached hydrogens (tertiary/aromatic N) is 7. The maximum Gasteiger partial charge on any atom is 0.414 e. The minimum absolute atomic E-state index is 0.0750. The Morgan fingerprint density at radius 1 is 0.938 bits per heavy atom. The van der Waals surface area contributed by atoms with Crippen LogP contribution in [0.25, 0.3) is 11.1 Å². The Morgan fingerprint density at radius 3 is 2.29 bits per heavy atom. The van der Waals surface area contributed by atoms with Crippen molar-refractivity contribution in [1.82, 2.24) is 24.8 Å². The quantitative estimate of drug-likeness (QED) is 0.136. The van der Waals surface area contributed by atoms with Crippen LogP contribution in [0.3, 0.4) is 0 Å². The first kappa shape index (κ1) is 62.9. The number of aliphatic hydroxyl groups is 5. The molecular formula is C58H86FN7O14. The lowest BCUT2D eigenvalue weighted by atomic mass is 9.77. The number of aliphatic hydroxyl groups excluding tert-OH is 3. The van der Waals surface area contributed by atoms with Crippen molar-refractivity contribution in [3.8, 4) is 17.2 Å². The van der Waals surface area contributed by atoms with E-state index in [4.69, 9.17) is 38.4 Å². The van der Waals surface area contributed by atoms with Crippen molar-refractivity contribution in [2.75, 3.05) is 45.7 Å². The summed E-state index contributed by atoms with van der Waals surface area (Å²) in [7, 11) is 5.19. The molecule has 21 nitrogen and oxygen atoms in total. The summed E-state index contributed by atoms with van der Waals surface area (Å²) in [6.45, 7) is 18.5. The predicted molar refractivity (Wildman–Crippen MR) is 291 cm³/mol. The Bertz CT molecular complexity index is 2600. The van der Waals surface area contributed by atoms with Crippen molar-refractivity contribution < 1.29 is 72.7 Å². The van der Waals surface area contributed by atoms with Gasteiger partial charge in [0.05, 0.1) is 77.6 Å². The molecule has 1 aromatic heterocycles. The summed E-state index contributed by atoms with van der Waals surface area (Å²) in [4.78, 5) is 32.8. The lowest BCUT2D eigenvalue weighted by Crippen LogP contribution is -2.61. The number of aromatic nitrogens is 3. The van der Waals surface area contributed by atoms with E-state index in [1.807, 2.05) is 37.7 Å². The molecule has 0 unspecified atom stereocenters. The number of halogens is 1. The topological polar surface area (TPSA) is 264 Å². The molecule has 0 aliphatic carbocycles. The third kappa shape index (κ3) is 14.0. The van der Waals surface area contributed by atoms with E-state index in [9.17, 15) is 35.1 Å². The van der Waals surface area contributed by atoms with Crippen molar-refractivity contribution >= 4 is 17.7 Å². The second-order valence-electron chi connectivity index (χ2n) is 23.8. The van der Waals surface area contributed by atoms with Crippen LogP contribution in [-0.2, 0) is 50.9 Å². The summed E-state index contributed by atoms with van der Waals surface area (Å²) in [5.74, 6) is -3.44. The fourth-order valence-corrected chi connectivity index (χ4v) is 12.3. The highest BCUT2D eigenvalue weighted by Crippen LogP contribution is 2.41. The van der Waals surface area contributed by atoms with Gasteiger partial charge in [-0.1, -0.05) is 38.1 Å². The van der Waals surface area contributed by atoms with Gasteiger partial charge in [-0.05, 0) is 124 Å². The number of anilines is 1. The molecule has 2 aromatic carbocycles. The van der Waals surface area contributed by atoms with Crippen molar-refractivity contribution in [3.05, 3.63) is 65.7 Å². The summed E-state index contributed by atoms with van der Waals surface area (Å²) < 4.78 is 60.9. The molecule has 4 fully saturated rings. The molecule has 4 saturated heterocycles. The molecule has 19 atom stereocenters. The number of nitriles is 1. The average Bonchev–Trinajstić information content (AvgIpc) is 4.06. The molecule has 0 bridgehead atoms. The summed E-state index contributed by atoms with van der Waals surface area (Å²) in [5.41, 5.74) is -2.25. The highest BCUT2D eigenvalue weighted by Gasteiger charge is 2.53. The van der Waals surface area contributed by atoms with Crippen molar-refractivity contribution in [2.24, 2.45) is 17.8 Å². The van der Waals surface area contributed by atoms with Gasteiger partial charge >= 0.3 is 12.1 Å². The number of likely N-dealkylation sites (N-methyl/N-ethyl adjacent to an activating group) is 2. The number of rotatable bonds is 14. The van der Waals surface area contributed by atoms with E-state index in [2.05, 4.69) is 16.4 Å². The summed E-state index contributed by atoms with van der Waals surface area (Å²) in [5, 5.41) is 77.7. The number of methoxy groups -OCH3 is 1. The maximum absolute atomic E-state index is 15.4. The SMILES string of the molecule is CC[C@H]1OC(=O)[C@H](C)[C@@H](O[C@H]2C[C@@](C)(OC)[C@@H](O)[C@H](C)O2)[C@H](C)[C@@H](O[C@@H]2O[C@H](C)C[C@H](N(C)CCc3cn(C[C@H]4CN(c5ccc(-c6ccc(C#N)cc6)c(F)c5)C(=O)O4)nn3)[C@H]2O)[C@](C)(O)C[C@@H](C)CN(C)[C@H](C)[C@@H](O)[C@]1(C)O. The number of carbonyl (C=O) groups is 2. The summed E-state index contributed by atoms with van der Waals surface area (Å²) >= 11 is 0. The molecule has 5 N–H and O–H groups in total. The van der Waals surface area contributed by atoms with Crippen LogP contribution in [0.1, 0.15) is 106 Å². The molecular weight excluding hydrogens is 1040 g/mol. The zero-order valence-corrected chi connectivity index (χ0v) is 48.6. The fourth-order valence-electron chi connectivity index (χ4n) is 12.3. The number of hydrogen-bond donors (Lipinski definition) is 5. The van der Waals surface area contributed by atoms with Gasteiger partial charge < -0.3 is 68.5 Å². The van der Waals surface area contributed by atoms with E-state index in [1.54, 1.807) is 95.7 Å². The van der Waals surface area contributed by atoms with Crippen LogP contribution in [-0.4, -0.2) is 200 Å². The standard InChI is InChI=1S/C58H86FN7O14/c1-14-46-58(10,73)50(68)36(6)64(12)28-32(2)25-56(8,72)52(34(4)49(35(5)53(70)78-46)79-47-26-57(9,74-13)51(69)37(7)76-47)80-54-48(67)45(23-33(3)75-54)63(11)22-21-40-29-65(62-61-40)30-42-31-66(55(71)77-42)41-19-20-43(44(59)24-41)39-17-15-38(27-60)16-18-39/h15-20,24,29,32-37,42,45-52,54,67-69,72-73H,14,21-23,25-26,28,30-31H2,1-13H3/t32-,33-,34+,35-,36-,37+,42+,45+,46-,47+,48-,49+,50-,51+,52-,54+,56-,57-,58-/m1/s1. The van der Waals surface area contributed by atoms with Crippen LogP contribution < -0.4 is 4.90 Å².